The average Bonchev–Trinajstić information content (AvgIpc) is 2.66. The second-order valence-corrected chi connectivity index (χ2v) is 8.26. The Morgan fingerprint density at radius 1 is 0.897 bits per heavy atom. The van der Waals surface area contributed by atoms with Gasteiger partial charge in [-0.3, -0.25) is 9.52 Å². The van der Waals surface area contributed by atoms with Gasteiger partial charge in [0.1, 0.15) is 11.6 Å². The van der Waals surface area contributed by atoms with Crippen molar-refractivity contribution in [1.29, 1.82) is 0 Å². The molecule has 0 fully saturated rings. The smallest absolute Gasteiger partial charge is 0.261 e. The third-order valence-corrected chi connectivity index (χ3v) is 5.74. The number of amides is 1. The van der Waals surface area contributed by atoms with Gasteiger partial charge >= 0.3 is 0 Å². The quantitative estimate of drug-likeness (QED) is 0.592. The molecule has 0 radical (unpaired) electrons. The molecule has 0 saturated carbocycles. The van der Waals surface area contributed by atoms with Gasteiger partial charge in [-0.1, -0.05) is 11.6 Å². The van der Waals surface area contributed by atoms with Gasteiger partial charge in [0.15, 0.2) is 0 Å². The number of carbonyl (C=O) groups is 1. The van der Waals surface area contributed by atoms with Crippen LogP contribution in [0.15, 0.2) is 65.6 Å². The fraction of sp³-hybridized carbons (Fsp3) is 0.0500. The first kappa shape index (κ1) is 20.8. The molecular formula is C20H15ClF2N2O3S. The first-order valence-electron chi connectivity index (χ1n) is 8.31. The van der Waals surface area contributed by atoms with Crippen molar-refractivity contribution >= 4 is 38.9 Å². The zero-order valence-corrected chi connectivity index (χ0v) is 16.6. The van der Waals surface area contributed by atoms with Gasteiger partial charge in [-0.25, -0.2) is 17.2 Å². The maximum atomic E-state index is 13.2. The van der Waals surface area contributed by atoms with Gasteiger partial charge in [-0.05, 0) is 73.2 Å². The molecule has 3 aromatic carbocycles. The highest BCUT2D eigenvalue weighted by Crippen LogP contribution is 2.27. The van der Waals surface area contributed by atoms with E-state index in [1.165, 1.54) is 36.4 Å². The van der Waals surface area contributed by atoms with Gasteiger partial charge in [0.2, 0.25) is 0 Å². The molecule has 0 aliphatic heterocycles. The van der Waals surface area contributed by atoms with Gasteiger partial charge in [-0.2, -0.15) is 0 Å². The fourth-order valence-corrected chi connectivity index (χ4v) is 3.82. The fourth-order valence-electron chi connectivity index (χ4n) is 2.52. The maximum absolute atomic E-state index is 13.2. The number of nitrogens with one attached hydrogen (secondary N) is 2. The van der Waals surface area contributed by atoms with Gasteiger partial charge in [-0.15, -0.1) is 0 Å². The molecule has 3 rings (SSSR count). The van der Waals surface area contributed by atoms with Crippen molar-refractivity contribution in [3.8, 4) is 0 Å². The van der Waals surface area contributed by atoms with E-state index >= 15 is 0 Å². The minimum atomic E-state index is -4.04. The van der Waals surface area contributed by atoms with Crippen molar-refractivity contribution < 1.29 is 22.0 Å². The van der Waals surface area contributed by atoms with Crippen LogP contribution in [0, 0.1) is 18.6 Å². The SMILES string of the molecule is Cc1cc(F)ccc1NC(=O)c1ccc(Cl)c(NS(=O)(=O)c2ccc(F)cc2)c1. The molecule has 2 N–H and O–H groups in total. The summed E-state index contributed by atoms with van der Waals surface area (Å²) < 4.78 is 53.5. The molecule has 9 heteroatoms. The second-order valence-electron chi connectivity index (χ2n) is 6.17. The average molecular weight is 437 g/mol. The molecule has 1 amide bonds. The molecule has 3 aromatic rings. The Morgan fingerprint density at radius 3 is 2.21 bits per heavy atom. The van der Waals surface area contributed by atoms with Crippen LogP contribution in [0.4, 0.5) is 20.2 Å². The van der Waals surface area contributed by atoms with Crippen LogP contribution >= 0.6 is 11.6 Å². The van der Waals surface area contributed by atoms with Crippen molar-refractivity contribution in [2.24, 2.45) is 0 Å². The van der Waals surface area contributed by atoms with Crippen LogP contribution in [0.5, 0.6) is 0 Å². The number of benzene rings is 3. The van der Waals surface area contributed by atoms with Crippen LogP contribution < -0.4 is 10.0 Å². The Labute approximate surface area is 171 Å². The highest BCUT2D eigenvalue weighted by Gasteiger charge is 2.18. The van der Waals surface area contributed by atoms with Crippen LogP contribution in [0.1, 0.15) is 15.9 Å². The van der Waals surface area contributed by atoms with Crippen molar-refractivity contribution in [1.82, 2.24) is 0 Å². The van der Waals surface area contributed by atoms with E-state index in [9.17, 15) is 22.0 Å². The minimum absolute atomic E-state index is 0.0144. The molecule has 0 bridgehead atoms. The summed E-state index contributed by atoms with van der Waals surface area (Å²) in [6, 6.07) is 12.2. The lowest BCUT2D eigenvalue weighted by atomic mass is 10.1. The lowest BCUT2D eigenvalue weighted by Gasteiger charge is -2.12. The number of halogens is 3. The number of aryl methyl sites for hydroxylation is 1. The van der Waals surface area contributed by atoms with Gasteiger partial charge in [0, 0.05) is 11.3 Å². The summed E-state index contributed by atoms with van der Waals surface area (Å²) in [6.45, 7) is 1.64. The summed E-state index contributed by atoms with van der Waals surface area (Å²) in [5, 5.41) is 2.71. The maximum Gasteiger partial charge on any atom is 0.261 e. The summed E-state index contributed by atoms with van der Waals surface area (Å²) in [6.07, 6.45) is 0. The van der Waals surface area contributed by atoms with E-state index in [4.69, 9.17) is 11.6 Å². The topological polar surface area (TPSA) is 75.3 Å². The molecule has 0 unspecified atom stereocenters. The minimum Gasteiger partial charge on any atom is -0.322 e. The second kappa shape index (κ2) is 8.18. The van der Waals surface area contributed by atoms with Gasteiger partial charge in [0.05, 0.1) is 15.6 Å². The number of hydrogen-bond acceptors (Lipinski definition) is 3. The number of carbonyl (C=O) groups excluding carboxylic acids is 1. The zero-order valence-electron chi connectivity index (χ0n) is 15.0. The van der Waals surface area contributed by atoms with Crippen LogP contribution in [0.2, 0.25) is 5.02 Å². The lowest BCUT2D eigenvalue weighted by Crippen LogP contribution is -2.16. The Bertz CT molecular complexity index is 1180. The first-order chi connectivity index (χ1) is 13.7. The molecule has 5 nitrogen and oxygen atoms in total. The standard InChI is InChI=1S/C20H15ClF2N2O3S/c1-12-10-15(23)5-9-18(12)24-20(26)13-2-8-17(21)19(11-13)25-29(27,28)16-6-3-14(22)4-7-16/h2-11,25H,1H3,(H,24,26). The monoisotopic (exact) mass is 436 g/mol. The van der Waals surface area contributed by atoms with E-state index < -0.39 is 27.6 Å². The van der Waals surface area contributed by atoms with Crippen molar-refractivity contribution in [3.05, 3.63) is 88.4 Å². The predicted molar refractivity (Wildman–Crippen MR) is 108 cm³/mol. The summed E-state index contributed by atoms with van der Waals surface area (Å²) in [5.74, 6) is -1.53. The van der Waals surface area contributed by atoms with E-state index in [2.05, 4.69) is 10.0 Å². The Morgan fingerprint density at radius 2 is 1.55 bits per heavy atom. The highest BCUT2D eigenvalue weighted by molar-refractivity contribution is 7.92. The zero-order chi connectivity index (χ0) is 21.2. The van der Waals surface area contributed by atoms with Crippen LogP contribution in [0.3, 0.4) is 0 Å². The van der Waals surface area contributed by atoms with Crippen LogP contribution in [-0.4, -0.2) is 14.3 Å². The molecule has 0 heterocycles. The molecule has 0 saturated heterocycles. The molecule has 0 aromatic heterocycles. The summed E-state index contributed by atoms with van der Waals surface area (Å²) in [5.41, 5.74) is 1.07. The number of anilines is 2. The molecule has 150 valence electrons. The molecule has 29 heavy (non-hydrogen) atoms. The highest BCUT2D eigenvalue weighted by atomic mass is 35.5. The van der Waals surface area contributed by atoms with E-state index in [0.29, 0.717) is 11.3 Å². The number of hydrogen-bond donors (Lipinski definition) is 2. The van der Waals surface area contributed by atoms with E-state index in [0.717, 1.165) is 24.3 Å². The van der Waals surface area contributed by atoms with Crippen LogP contribution in [-0.2, 0) is 10.0 Å². The Kier molecular flexibility index (Phi) is 5.86. The summed E-state index contributed by atoms with van der Waals surface area (Å²) in [7, 11) is -4.04. The van der Waals surface area contributed by atoms with Crippen molar-refractivity contribution in [2.75, 3.05) is 10.0 Å². The van der Waals surface area contributed by atoms with E-state index in [1.807, 2.05) is 0 Å². The van der Waals surface area contributed by atoms with Crippen molar-refractivity contribution in [2.45, 2.75) is 11.8 Å². The predicted octanol–water partition coefficient (Wildman–Crippen LogP) is 4.98. The molecule has 0 aliphatic rings. The molecule has 0 atom stereocenters. The summed E-state index contributed by atoms with van der Waals surface area (Å²) in [4.78, 5) is 12.4. The van der Waals surface area contributed by atoms with Crippen LogP contribution in [0.25, 0.3) is 0 Å². The number of rotatable bonds is 5. The normalized spacial score (nSPS) is 11.2. The Balaban J connectivity index is 1.85. The first-order valence-corrected chi connectivity index (χ1v) is 10.2. The van der Waals surface area contributed by atoms with E-state index in [-0.39, 0.29) is 21.2 Å². The summed E-state index contributed by atoms with van der Waals surface area (Å²) >= 11 is 6.06. The van der Waals surface area contributed by atoms with Crippen molar-refractivity contribution in [3.63, 3.8) is 0 Å². The number of sulfonamides is 1. The molecule has 0 aliphatic carbocycles. The Hall–Kier alpha value is -2.97. The molecule has 0 spiro atoms. The third kappa shape index (κ3) is 4.90. The molecular weight excluding hydrogens is 422 g/mol. The van der Waals surface area contributed by atoms with E-state index in [1.54, 1.807) is 6.92 Å². The van der Waals surface area contributed by atoms with Gasteiger partial charge < -0.3 is 5.32 Å². The largest absolute Gasteiger partial charge is 0.322 e. The van der Waals surface area contributed by atoms with Gasteiger partial charge in [0.25, 0.3) is 15.9 Å². The lowest BCUT2D eigenvalue weighted by molar-refractivity contribution is 0.102. The third-order valence-electron chi connectivity index (χ3n) is 4.03.